The van der Waals surface area contributed by atoms with E-state index in [0.717, 1.165) is 11.1 Å². The first-order valence-corrected chi connectivity index (χ1v) is 26.6. The molecule has 0 unspecified atom stereocenters. The van der Waals surface area contributed by atoms with Gasteiger partial charge in [0.1, 0.15) is 33.3 Å². The zero-order valence-corrected chi connectivity index (χ0v) is 46.8. The highest BCUT2D eigenvalue weighted by Gasteiger charge is 2.23. The molecule has 0 atom stereocenters. The lowest BCUT2D eigenvalue weighted by Crippen LogP contribution is -2.26. The number of ketones is 2. The molecule has 6 heterocycles. The minimum Gasteiger partial charge on any atom is -0.452 e. The third-order valence-corrected chi connectivity index (χ3v) is 13.3. The van der Waals surface area contributed by atoms with Gasteiger partial charge in [-0.15, -0.1) is 0 Å². The predicted molar refractivity (Wildman–Crippen MR) is 311 cm³/mol. The minimum absolute atomic E-state index is 0.0923. The van der Waals surface area contributed by atoms with E-state index in [9.17, 15) is 28.0 Å². The predicted octanol–water partition coefficient (Wildman–Crippen LogP) is 13.2. The third kappa shape index (κ3) is 14.3. The Morgan fingerprint density at radius 3 is 1.34 bits per heavy atom. The fraction of sp³-hybridized carbons (Fsp3) is 0.131. The summed E-state index contributed by atoms with van der Waals surface area (Å²) < 4.78 is 41.5. The van der Waals surface area contributed by atoms with Gasteiger partial charge in [0.2, 0.25) is 10.9 Å². The van der Waals surface area contributed by atoms with Gasteiger partial charge in [0, 0.05) is 71.3 Å². The maximum absolute atomic E-state index is 13.5. The molecule has 0 saturated carbocycles. The van der Waals surface area contributed by atoms with Crippen LogP contribution in [0.25, 0.3) is 22.3 Å². The number of aliphatic imine (C=N–C) groups is 1. The van der Waals surface area contributed by atoms with Crippen molar-refractivity contribution in [2.45, 2.75) is 52.6 Å². The van der Waals surface area contributed by atoms with Crippen molar-refractivity contribution < 1.29 is 27.8 Å². The Morgan fingerprint density at radius 1 is 0.530 bits per heavy atom. The molecule has 0 aliphatic carbocycles. The van der Waals surface area contributed by atoms with Crippen molar-refractivity contribution in [3.05, 3.63) is 252 Å². The number of benzene rings is 4. The molecule has 0 amide bonds. The van der Waals surface area contributed by atoms with Crippen molar-refractivity contribution in [3.8, 4) is 45.3 Å². The number of carbonyl (C=O) groups is 2. The molecule has 0 radical (unpaired) electrons. The molecular formula is C61H46Cl3F2N11O6. The van der Waals surface area contributed by atoms with E-state index in [0.29, 0.717) is 16.8 Å². The molecule has 83 heavy (non-hydrogen) atoms. The summed E-state index contributed by atoms with van der Waals surface area (Å²) in [5.74, 6) is -0.273. The molecule has 22 heteroatoms. The van der Waals surface area contributed by atoms with E-state index in [1.54, 1.807) is 24.7 Å². The summed E-state index contributed by atoms with van der Waals surface area (Å²) in [4.78, 5) is 82.6. The molecule has 10 rings (SSSR count). The average Bonchev–Trinajstić information content (AvgIpc) is 3.56. The fourth-order valence-corrected chi connectivity index (χ4v) is 8.40. The Kier molecular flexibility index (Phi) is 18.5. The van der Waals surface area contributed by atoms with Crippen LogP contribution in [-0.2, 0) is 12.8 Å². The topological polar surface area (TPSA) is 212 Å². The normalized spacial score (nSPS) is 11.0. The molecule has 0 spiro atoms. The second kappa shape index (κ2) is 26.4. The number of halogens is 5. The first-order chi connectivity index (χ1) is 40.0. The van der Waals surface area contributed by atoms with E-state index in [2.05, 4.69) is 40.1 Å². The zero-order valence-electron chi connectivity index (χ0n) is 44.5. The van der Waals surface area contributed by atoms with Crippen molar-refractivity contribution in [1.29, 1.82) is 0 Å². The summed E-state index contributed by atoms with van der Waals surface area (Å²) in [5, 5.41) is 8.94. The number of carbonyl (C=O) groups excluding carboxylic acids is 2. The maximum Gasteiger partial charge on any atom is 0.219 e. The summed E-state index contributed by atoms with van der Waals surface area (Å²) >= 11 is 18.7. The molecule has 17 nitrogen and oxygen atoms in total. The first-order valence-electron chi connectivity index (χ1n) is 25.5. The second-order valence-electron chi connectivity index (χ2n) is 18.7. The molecule has 416 valence electrons. The highest BCUT2D eigenvalue weighted by atomic mass is 35.5. The van der Waals surface area contributed by atoms with Gasteiger partial charge in [-0.25, -0.2) is 43.7 Å². The van der Waals surface area contributed by atoms with Crippen LogP contribution >= 0.6 is 34.8 Å². The first kappa shape index (κ1) is 58.1. The molecule has 0 bridgehead atoms. The van der Waals surface area contributed by atoms with Crippen molar-refractivity contribution in [1.82, 2.24) is 49.5 Å². The SMILES string of the molecule is CC(C)n1cc(-c2ccc(F)cc2)c(=O)c(C(=O)Cc2ncc(Oc3ccnc(Cl)c3Cl)cn2)n1.CC(C)n1cc(-c2ccc(F)cc2)c(=O)c(C(=O)Cc2ncc(Oc3ccnc(N=C(c4ccccc4)c4ccccc4)c3Cl)cn2)n1. The number of hydrogen-bond donors (Lipinski definition) is 0. The number of Topliss-reactive ketones (excluding diaryl/α,β-unsaturated/α-hetero) is 2. The van der Waals surface area contributed by atoms with Crippen molar-refractivity contribution in [2.24, 2.45) is 4.99 Å². The lowest BCUT2D eigenvalue weighted by molar-refractivity contribution is 0.0974. The summed E-state index contributed by atoms with van der Waals surface area (Å²) in [6.07, 6.45) is 11.1. The summed E-state index contributed by atoms with van der Waals surface area (Å²) in [7, 11) is 0. The van der Waals surface area contributed by atoms with E-state index >= 15 is 0 Å². The Labute approximate surface area is 488 Å². The molecule has 6 aromatic heterocycles. The summed E-state index contributed by atoms with van der Waals surface area (Å²) in [5.41, 5.74) is 2.31. The van der Waals surface area contributed by atoms with E-state index in [1.807, 2.05) is 88.4 Å². The highest BCUT2D eigenvalue weighted by Crippen LogP contribution is 2.36. The number of rotatable bonds is 17. The maximum atomic E-state index is 13.5. The van der Waals surface area contributed by atoms with Crippen LogP contribution in [0.1, 0.15) is 83.5 Å². The number of pyridine rings is 2. The molecule has 0 saturated heterocycles. The van der Waals surface area contributed by atoms with Gasteiger partial charge >= 0.3 is 0 Å². The largest absolute Gasteiger partial charge is 0.452 e. The Hall–Kier alpha value is -9.56. The van der Waals surface area contributed by atoms with Crippen molar-refractivity contribution in [2.75, 3.05) is 0 Å². The van der Waals surface area contributed by atoms with E-state index < -0.39 is 34.1 Å². The van der Waals surface area contributed by atoms with Crippen LogP contribution in [-0.4, -0.2) is 66.7 Å². The number of nitrogens with zero attached hydrogens (tertiary/aromatic N) is 11. The van der Waals surface area contributed by atoms with Gasteiger partial charge in [-0.3, -0.25) is 28.5 Å². The van der Waals surface area contributed by atoms with Gasteiger partial charge in [0.25, 0.3) is 0 Å². The van der Waals surface area contributed by atoms with Gasteiger partial charge in [-0.2, -0.15) is 10.2 Å². The quantitative estimate of drug-likeness (QED) is 0.0471. The molecule has 0 N–H and O–H groups in total. The van der Waals surface area contributed by atoms with Crippen LogP contribution in [0.4, 0.5) is 14.6 Å². The molecular weight excluding hydrogens is 1130 g/mol. The smallest absolute Gasteiger partial charge is 0.219 e. The van der Waals surface area contributed by atoms with Gasteiger partial charge in [-0.05, 0) is 63.1 Å². The van der Waals surface area contributed by atoms with Crippen LogP contribution in [0, 0.1) is 11.6 Å². The third-order valence-electron chi connectivity index (χ3n) is 12.2. The van der Waals surface area contributed by atoms with Crippen molar-refractivity contribution >= 4 is 57.9 Å². The van der Waals surface area contributed by atoms with E-state index in [4.69, 9.17) is 49.3 Å². The number of aromatic nitrogens is 10. The fourth-order valence-electron chi connectivity index (χ4n) is 7.91. The lowest BCUT2D eigenvalue weighted by atomic mass is 10.0. The van der Waals surface area contributed by atoms with Crippen LogP contribution in [0.15, 0.2) is 185 Å². The molecule has 0 aliphatic rings. The van der Waals surface area contributed by atoms with Crippen LogP contribution in [0.3, 0.4) is 0 Å². The average molecular weight is 1170 g/mol. The second-order valence-corrected chi connectivity index (χ2v) is 19.8. The lowest BCUT2D eigenvalue weighted by Gasteiger charge is -2.13. The Morgan fingerprint density at radius 2 is 0.928 bits per heavy atom. The number of ether oxygens (including phenoxy) is 2. The molecule has 0 fully saturated rings. The Bertz CT molecular complexity index is 4080. The molecule has 0 aliphatic heterocycles. The van der Waals surface area contributed by atoms with Crippen LogP contribution in [0.5, 0.6) is 23.0 Å². The summed E-state index contributed by atoms with van der Waals surface area (Å²) in [6.45, 7) is 7.48. The molecule has 10 aromatic rings. The van der Waals surface area contributed by atoms with Gasteiger partial charge in [-0.1, -0.05) is 120 Å². The standard InChI is InChI=1S/C37H28ClFN6O3.C24H18Cl2FN5O3/c1-23(2)45-22-29(24-13-15-27(39)16-14-24)36(47)35(44-45)30(46)19-32-41-20-28(21-42-32)48-31-17-18-40-37(33(31)38)43-34(25-9-5-3-6-10-25)26-11-7-4-8-12-26;1-13(2)32-12-17(14-3-5-15(27)6-4-14)23(34)22(31-32)18(33)9-20-29-10-16(11-30-20)35-19-7-8-28-24(26)21(19)25/h3-18,20-23H,19H2,1-2H3;3-8,10-13H,9H2,1-2H3. The van der Waals surface area contributed by atoms with E-state index in [1.165, 1.54) is 94.9 Å². The van der Waals surface area contributed by atoms with Crippen molar-refractivity contribution in [3.63, 3.8) is 0 Å². The van der Waals surface area contributed by atoms with Gasteiger partial charge in [0.15, 0.2) is 56.9 Å². The van der Waals surface area contributed by atoms with E-state index in [-0.39, 0.29) is 103 Å². The Balaban J connectivity index is 0.000000210. The van der Waals surface area contributed by atoms with Gasteiger partial charge in [0.05, 0.1) is 43.3 Å². The van der Waals surface area contributed by atoms with Crippen LogP contribution < -0.4 is 20.3 Å². The zero-order chi connectivity index (χ0) is 58.7. The van der Waals surface area contributed by atoms with Gasteiger partial charge < -0.3 is 9.47 Å². The molecule has 4 aromatic carbocycles. The van der Waals surface area contributed by atoms with Crippen LogP contribution in [0.2, 0.25) is 15.2 Å². The summed E-state index contributed by atoms with van der Waals surface area (Å²) in [6, 6.07) is 33.3. The minimum atomic E-state index is -0.558. The highest BCUT2D eigenvalue weighted by molar-refractivity contribution is 6.42. The number of hydrogen-bond acceptors (Lipinski definition) is 15. The monoisotopic (exact) mass is 1170 g/mol.